The summed E-state index contributed by atoms with van der Waals surface area (Å²) in [5.74, 6) is 0.708. The van der Waals surface area contributed by atoms with Crippen LogP contribution >= 0.6 is 0 Å². The minimum atomic E-state index is -3.79. The Morgan fingerprint density at radius 1 is 1.35 bits per heavy atom. The molecule has 2 saturated heterocycles. The van der Waals surface area contributed by atoms with Gasteiger partial charge in [-0.05, 0) is 61.4 Å². The van der Waals surface area contributed by atoms with Gasteiger partial charge in [0, 0.05) is 25.2 Å². The fraction of sp³-hybridized carbons (Fsp3) is 0.647. The number of sulfone groups is 1. The average molecular weight is 338 g/mol. The van der Waals surface area contributed by atoms with E-state index in [0.717, 1.165) is 38.0 Å². The Labute approximate surface area is 137 Å². The molecule has 4 rings (SSSR count). The fourth-order valence-electron chi connectivity index (χ4n) is 4.53. The second kappa shape index (κ2) is 5.83. The van der Waals surface area contributed by atoms with Crippen LogP contribution in [-0.2, 0) is 16.3 Å². The van der Waals surface area contributed by atoms with Crippen LogP contribution in [0, 0.1) is 5.92 Å². The van der Waals surface area contributed by atoms with Crippen LogP contribution in [0.25, 0.3) is 0 Å². The number of hydrogen-bond donors (Lipinski definition) is 1. The molecule has 1 aromatic rings. The summed E-state index contributed by atoms with van der Waals surface area (Å²) in [4.78, 5) is 2.63. The molecule has 0 saturated carbocycles. The van der Waals surface area contributed by atoms with Crippen molar-refractivity contribution >= 4 is 9.84 Å². The van der Waals surface area contributed by atoms with E-state index in [9.17, 15) is 12.8 Å². The number of piperidine rings is 2. The zero-order valence-corrected chi connectivity index (χ0v) is 14.0. The van der Waals surface area contributed by atoms with Gasteiger partial charge in [0.1, 0.15) is 0 Å². The molecular weight excluding hydrogens is 315 g/mol. The van der Waals surface area contributed by atoms with Crippen LogP contribution in [0.5, 0.6) is 0 Å². The van der Waals surface area contributed by atoms with E-state index in [1.807, 2.05) is 6.07 Å². The van der Waals surface area contributed by atoms with Crippen molar-refractivity contribution in [2.75, 3.05) is 25.6 Å². The minimum absolute atomic E-state index is 0.124. The highest BCUT2D eigenvalue weighted by Gasteiger charge is 2.39. The molecule has 4 nitrogen and oxygen atoms in total. The van der Waals surface area contributed by atoms with E-state index >= 15 is 0 Å². The summed E-state index contributed by atoms with van der Waals surface area (Å²) in [6.07, 6.45) is 4.50. The van der Waals surface area contributed by atoms with Gasteiger partial charge in [-0.2, -0.15) is 0 Å². The molecule has 3 aliphatic rings. The number of nitrogens with one attached hydrogen (secondary N) is 1. The molecule has 0 aromatic heterocycles. The molecule has 23 heavy (non-hydrogen) atoms. The first-order chi connectivity index (χ1) is 11.1. The van der Waals surface area contributed by atoms with E-state index in [2.05, 4.69) is 10.2 Å². The lowest BCUT2D eigenvalue weighted by Gasteiger charge is -2.49. The highest BCUT2D eigenvalue weighted by molar-refractivity contribution is 7.91. The van der Waals surface area contributed by atoms with E-state index in [1.54, 1.807) is 12.1 Å². The summed E-state index contributed by atoms with van der Waals surface area (Å²) >= 11 is 0. The standard InChI is InChI=1S/C17H23FN2O2S/c18-11-23(21,22)14-4-3-12-5-7-20-10-13-2-1-6-19-16(13)9-17(20)15(12)8-14/h3-4,8,13,16-17,19H,1-2,5-7,9-11H2. The van der Waals surface area contributed by atoms with E-state index in [-0.39, 0.29) is 10.9 Å². The van der Waals surface area contributed by atoms with Crippen molar-refractivity contribution in [3.8, 4) is 0 Å². The van der Waals surface area contributed by atoms with Gasteiger partial charge in [-0.25, -0.2) is 12.8 Å². The van der Waals surface area contributed by atoms with Gasteiger partial charge in [0.05, 0.1) is 4.90 Å². The van der Waals surface area contributed by atoms with Crippen LogP contribution in [-0.4, -0.2) is 45.0 Å². The molecule has 3 heterocycles. The predicted octanol–water partition coefficient (Wildman–Crippen LogP) is 2.06. The van der Waals surface area contributed by atoms with E-state index in [4.69, 9.17) is 0 Å². The molecule has 1 aromatic carbocycles. The number of fused-ring (bicyclic) bond motifs is 4. The number of alkyl halides is 1. The molecule has 3 atom stereocenters. The quantitative estimate of drug-likeness (QED) is 0.897. The SMILES string of the molecule is O=S(=O)(CF)c1ccc2c(c1)C1CC3NCCCC3CN1CC2. The van der Waals surface area contributed by atoms with Gasteiger partial charge in [0.2, 0.25) is 9.84 Å². The van der Waals surface area contributed by atoms with Gasteiger partial charge in [-0.1, -0.05) is 6.07 Å². The van der Waals surface area contributed by atoms with Crippen molar-refractivity contribution < 1.29 is 12.8 Å². The summed E-state index contributed by atoms with van der Waals surface area (Å²) in [5, 5.41) is 3.64. The highest BCUT2D eigenvalue weighted by Crippen LogP contribution is 2.41. The first-order valence-corrected chi connectivity index (χ1v) is 10.1. The first-order valence-electron chi connectivity index (χ1n) is 8.47. The van der Waals surface area contributed by atoms with Gasteiger partial charge in [-0.3, -0.25) is 4.90 Å². The Bertz CT molecular complexity index is 707. The Morgan fingerprint density at radius 3 is 3.04 bits per heavy atom. The van der Waals surface area contributed by atoms with E-state index in [0.29, 0.717) is 12.0 Å². The highest BCUT2D eigenvalue weighted by atomic mass is 32.2. The molecule has 3 unspecified atom stereocenters. The summed E-state index contributed by atoms with van der Waals surface area (Å²) in [6.45, 7) is 3.20. The first kappa shape index (κ1) is 15.5. The number of benzene rings is 1. The summed E-state index contributed by atoms with van der Waals surface area (Å²) in [5.41, 5.74) is 2.31. The maximum absolute atomic E-state index is 12.8. The Kier molecular flexibility index (Phi) is 3.94. The monoisotopic (exact) mass is 338 g/mol. The molecule has 0 spiro atoms. The van der Waals surface area contributed by atoms with Crippen molar-refractivity contribution in [3.63, 3.8) is 0 Å². The number of hydrogen-bond acceptors (Lipinski definition) is 4. The van der Waals surface area contributed by atoms with Gasteiger partial charge in [-0.15, -0.1) is 0 Å². The van der Waals surface area contributed by atoms with Crippen LogP contribution in [0.4, 0.5) is 4.39 Å². The van der Waals surface area contributed by atoms with Gasteiger partial charge < -0.3 is 5.32 Å². The summed E-state index contributed by atoms with van der Waals surface area (Å²) in [7, 11) is -3.79. The normalized spacial score (nSPS) is 31.1. The molecule has 0 aliphatic carbocycles. The van der Waals surface area contributed by atoms with Crippen LogP contribution in [0.1, 0.15) is 36.4 Å². The van der Waals surface area contributed by atoms with Gasteiger partial charge in [0.25, 0.3) is 0 Å². The molecule has 0 radical (unpaired) electrons. The number of halogens is 1. The molecule has 0 bridgehead atoms. The maximum atomic E-state index is 12.8. The topological polar surface area (TPSA) is 49.4 Å². The second-order valence-corrected chi connectivity index (χ2v) is 8.96. The van der Waals surface area contributed by atoms with Crippen LogP contribution in [0.3, 0.4) is 0 Å². The van der Waals surface area contributed by atoms with Crippen molar-refractivity contribution in [2.45, 2.75) is 42.7 Å². The second-order valence-electron chi connectivity index (χ2n) is 7.04. The third-order valence-corrected chi connectivity index (χ3v) is 7.02. The average Bonchev–Trinajstić information content (AvgIpc) is 2.59. The van der Waals surface area contributed by atoms with Gasteiger partial charge in [0.15, 0.2) is 6.01 Å². The lowest BCUT2D eigenvalue weighted by Crippen LogP contribution is -2.54. The van der Waals surface area contributed by atoms with Crippen LogP contribution in [0.15, 0.2) is 23.1 Å². The number of nitrogens with zero attached hydrogens (tertiary/aromatic N) is 1. The zero-order chi connectivity index (χ0) is 16.0. The van der Waals surface area contributed by atoms with Crippen molar-refractivity contribution in [1.82, 2.24) is 10.2 Å². The molecular formula is C17H23FN2O2S. The zero-order valence-electron chi connectivity index (χ0n) is 13.2. The Morgan fingerprint density at radius 2 is 2.22 bits per heavy atom. The van der Waals surface area contributed by atoms with Crippen LogP contribution < -0.4 is 5.32 Å². The molecule has 3 aliphatic heterocycles. The lowest BCUT2D eigenvalue weighted by atomic mass is 9.77. The molecule has 2 fully saturated rings. The predicted molar refractivity (Wildman–Crippen MR) is 86.8 cm³/mol. The molecule has 0 amide bonds. The third-order valence-electron chi connectivity index (χ3n) is 5.76. The minimum Gasteiger partial charge on any atom is -0.314 e. The van der Waals surface area contributed by atoms with E-state index < -0.39 is 15.8 Å². The maximum Gasteiger partial charge on any atom is 0.207 e. The van der Waals surface area contributed by atoms with Crippen LogP contribution in [0.2, 0.25) is 0 Å². The summed E-state index contributed by atoms with van der Waals surface area (Å²) < 4.78 is 36.6. The fourth-order valence-corrected chi connectivity index (χ4v) is 5.24. The van der Waals surface area contributed by atoms with Crippen molar-refractivity contribution in [1.29, 1.82) is 0 Å². The molecule has 126 valence electrons. The molecule has 1 N–H and O–H groups in total. The van der Waals surface area contributed by atoms with E-state index in [1.165, 1.54) is 18.4 Å². The molecule has 6 heteroatoms. The van der Waals surface area contributed by atoms with Crippen molar-refractivity contribution in [2.24, 2.45) is 5.92 Å². The van der Waals surface area contributed by atoms with Crippen molar-refractivity contribution in [3.05, 3.63) is 29.3 Å². The lowest BCUT2D eigenvalue weighted by molar-refractivity contribution is 0.0551. The largest absolute Gasteiger partial charge is 0.314 e. The Hall–Kier alpha value is -0.980. The number of rotatable bonds is 2. The van der Waals surface area contributed by atoms with Gasteiger partial charge >= 0.3 is 0 Å². The third kappa shape index (κ3) is 2.71. The smallest absolute Gasteiger partial charge is 0.207 e. The Balaban J connectivity index is 1.69. The summed E-state index contributed by atoms with van der Waals surface area (Å²) in [6, 6.07) is 4.64.